The van der Waals surface area contributed by atoms with Crippen molar-refractivity contribution < 1.29 is 14.6 Å². The van der Waals surface area contributed by atoms with Crippen molar-refractivity contribution in [1.82, 2.24) is 4.90 Å². The molecule has 1 saturated heterocycles. The first kappa shape index (κ1) is 15.4. The SMILES string of the molecule is CC1CN(CC(C)C(O)c2ccccc2F)CCC1O. The zero-order valence-electron chi connectivity index (χ0n) is 12.2. The van der Waals surface area contributed by atoms with Crippen LogP contribution in [-0.2, 0) is 0 Å². The van der Waals surface area contributed by atoms with Crippen LogP contribution in [0.5, 0.6) is 0 Å². The first-order valence-corrected chi connectivity index (χ1v) is 7.32. The second-order valence-electron chi connectivity index (χ2n) is 6.04. The van der Waals surface area contributed by atoms with E-state index in [0.29, 0.717) is 12.1 Å². The number of hydrogen-bond acceptors (Lipinski definition) is 3. The molecule has 2 rings (SSSR count). The van der Waals surface area contributed by atoms with Crippen molar-refractivity contribution in [2.45, 2.75) is 32.5 Å². The normalized spacial score (nSPS) is 27.2. The third kappa shape index (κ3) is 3.57. The number of piperidine rings is 1. The maximum Gasteiger partial charge on any atom is 0.129 e. The summed E-state index contributed by atoms with van der Waals surface area (Å²) >= 11 is 0. The average molecular weight is 281 g/mol. The molecule has 4 unspecified atom stereocenters. The fourth-order valence-corrected chi connectivity index (χ4v) is 2.91. The number of halogens is 1. The number of aliphatic hydroxyl groups excluding tert-OH is 2. The second-order valence-corrected chi connectivity index (χ2v) is 6.04. The van der Waals surface area contributed by atoms with Gasteiger partial charge in [-0.3, -0.25) is 0 Å². The van der Waals surface area contributed by atoms with E-state index in [2.05, 4.69) is 4.90 Å². The molecular weight excluding hydrogens is 257 g/mol. The summed E-state index contributed by atoms with van der Waals surface area (Å²) in [6.07, 6.45) is -0.250. The van der Waals surface area contributed by atoms with Gasteiger partial charge in [-0.05, 0) is 24.3 Å². The van der Waals surface area contributed by atoms with E-state index in [1.807, 2.05) is 13.8 Å². The average Bonchev–Trinajstić information content (AvgIpc) is 2.42. The third-order valence-electron chi connectivity index (χ3n) is 4.25. The van der Waals surface area contributed by atoms with Crippen molar-refractivity contribution in [3.05, 3.63) is 35.6 Å². The summed E-state index contributed by atoms with van der Waals surface area (Å²) in [5, 5.41) is 20.0. The lowest BCUT2D eigenvalue weighted by Crippen LogP contribution is -2.44. The molecule has 0 spiro atoms. The molecule has 4 heteroatoms. The first-order valence-electron chi connectivity index (χ1n) is 7.32. The fraction of sp³-hybridized carbons (Fsp3) is 0.625. The Morgan fingerprint density at radius 1 is 1.40 bits per heavy atom. The van der Waals surface area contributed by atoms with Gasteiger partial charge in [0, 0.05) is 25.2 Å². The molecule has 1 fully saturated rings. The van der Waals surface area contributed by atoms with Gasteiger partial charge >= 0.3 is 0 Å². The maximum absolute atomic E-state index is 13.7. The Morgan fingerprint density at radius 3 is 2.75 bits per heavy atom. The minimum atomic E-state index is -0.793. The van der Waals surface area contributed by atoms with E-state index in [-0.39, 0.29) is 23.8 Å². The van der Waals surface area contributed by atoms with Crippen LogP contribution in [0.25, 0.3) is 0 Å². The minimum absolute atomic E-state index is 0.0469. The molecule has 0 aliphatic carbocycles. The molecule has 1 aliphatic heterocycles. The number of benzene rings is 1. The van der Waals surface area contributed by atoms with Crippen molar-refractivity contribution in [3.63, 3.8) is 0 Å². The smallest absolute Gasteiger partial charge is 0.129 e. The predicted molar refractivity (Wildman–Crippen MR) is 76.8 cm³/mol. The molecular formula is C16H24FNO2. The molecule has 0 saturated carbocycles. The van der Waals surface area contributed by atoms with Gasteiger partial charge in [0.15, 0.2) is 0 Å². The van der Waals surface area contributed by atoms with E-state index in [1.54, 1.807) is 18.2 Å². The fourth-order valence-electron chi connectivity index (χ4n) is 2.91. The number of rotatable bonds is 4. The van der Waals surface area contributed by atoms with Crippen molar-refractivity contribution in [3.8, 4) is 0 Å². The van der Waals surface area contributed by atoms with Gasteiger partial charge in [0.2, 0.25) is 0 Å². The molecule has 2 N–H and O–H groups in total. The molecule has 0 radical (unpaired) electrons. The van der Waals surface area contributed by atoms with Crippen molar-refractivity contribution in [2.24, 2.45) is 11.8 Å². The summed E-state index contributed by atoms with van der Waals surface area (Å²) in [5.41, 5.74) is 0.366. The molecule has 1 heterocycles. The van der Waals surface area contributed by atoms with E-state index in [4.69, 9.17) is 0 Å². The zero-order chi connectivity index (χ0) is 14.7. The Balaban J connectivity index is 1.95. The van der Waals surface area contributed by atoms with Gasteiger partial charge in [0.05, 0.1) is 12.2 Å². The van der Waals surface area contributed by atoms with Crippen LogP contribution in [0, 0.1) is 17.7 Å². The van der Waals surface area contributed by atoms with E-state index in [9.17, 15) is 14.6 Å². The quantitative estimate of drug-likeness (QED) is 0.889. The lowest BCUT2D eigenvalue weighted by atomic mass is 9.93. The molecule has 20 heavy (non-hydrogen) atoms. The molecule has 0 amide bonds. The maximum atomic E-state index is 13.7. The standard InChI is InChI=1S/C16H24FNO2/c1-11-9-18(8-7-15(11)19)10-12(2)16(20)13-5-3-4-6-14(13)17/h3-6,11-12,15-16,19-20H,7-10H2,1-2H3. The molecule has 4 atom stereocenters. The van der Waals surface area contributed by atoms with Gasteiger partial charge < -0.3 is 15.1 Å². The number of nitrogens with zero attached hydrogens (tertiary/aromatic N) is 1. The number of hydrogen-bond donors (Lipinski definition) is 2. The zero-order valence-corrected chi connectivity index (χ0v) is 12.2. The van der Waals surface area contributed by atoms with Crippen LogP contribution < -0.4 is 0 Å². The minimum Gasteiger partial charge on any atom is -0.393 e. The number of likely N-dealkylation sites (tertiary alicyclic amines) is 1. The highest BCUT2D eigenvalue weighted by Gasteiger charge is 2.27. The van der Waals surface area contributed by atoms with Crippen LogP contribution in [0.3, 0.4) is 0 Å². The van der Waals surface area contributed by atoms with E-state index in [1.165, 1.54) is 6.07 Å². The van der Waals surface area contributed by atoms with Gasteiger partial charge in [-0.25, -0.2) is 4.39 Å². The van der Waals surface area contributed by atoms with Crippen molar-refractivity contribution >= 4 is 0 Å². The van der Waals surface area contributed by atoms with Crippen LogP contribution in [0.15, 0.2) is 24.3 Å². The molecule has 0 bridgehead atoms. The highest BCUT2D eigenvalue weighted by molar-refractivity contribution is 5.20. The Hall–Kier alpha value is -0.970. The topological polar surface area (TPSA) is 43.7 Å². The Labute approximate surface area is 120 Å². The van der Waals surface area contributed by atoms with Crippen LogP contribution in [-0.4, -0.2) is 40.9 Å². The van der Waals surface area contributed by atoms with E-state index < -0.39 is 6.10 Å². The van der Waals surface area contributed by atoms with E-state index in [0.717, 1.165) is 19.5 Å². The first-order chi connectivity index (χ1) is 9.49. The Bertz CT molecular complexity index is 440. The van der Waals surface area contributed by atoms with Gasteiger partial charge in [-0.2, -0.15) is 0 Å². The summed E-state index contributed by atoms with van der Waals surface area (Å²) < 4.78 is 13.7. The lowest BCUT2D eigenvalue weighted by Gasteiger charge is -2.36. The summed E-state index contributed by atoms with van der Waals surface area (Å²) in [5.74, 6) is -0.148. The molecule has 1 aromatic carbocycles. The predicted octanol–water partition coefficient (Wildman–Crippen LogP) is 2.20. The summed E-state index contributed by atoms with van der Waals surface area (Å²) in [7, 11) is 0. The molecule has 3 nitrogen and oxygen atoms in total. The van der Waals surface area contributed by atoms with Crippen LogP contribution in [0.2, 0.25) is 0 Å². The second kappa shape index (κ2) is 6.66. The van der Waals surface area contributed by atoms with Crippen molar-refractivity contribution in [1.29, 1.82) is 0 Å². The Morgan fingerprint density at radius 2 is 2.10 bits per heavy atom. The largest absolute Gasteiger partial charge is 0.393 e. The monoisotopic (exact) mass is 281 g/mol. The van der Waals surface area contributed by atoms with Gasteiger partial charge in [-0.15, -0.1) is 0 Å². The highest BCUT2D eigenvalue weighted by atomic mass is 19.1. The van der Waals surface area contributed by atoms with E-state index >= 15 is 0 Å². The van der Waals surface area contributed by atoms with Crippen LogP contribution in [0.4, 0.5) is 4.39 Å². The lowest BCUT2D eigenvalue weighted by molar-refractivity contribution is 0.0152. The molecule has 1 aromatic rings. The Kier molecular flexibility index (Phi) is 5.13. The highest BCUT2D eigenvalue weighted by Crippen LogP contribution is 2.26. The third-order valence-corrected chi connectivity index (χ3v) is 4.25. The van der Waals surface area contributed by atoms with Gasteiger partial charge in [-0.1, -0.05) is 32.0 Å². The summed E-state index contributed by atoms with van der Waals surface area (Å²) in [4.78, 5) is 2.24. The summed E-state index contributed by atoms with van der Waals surface area (Å²) in [6, 6.07) is 6.39. The molecule has 112 valence electrons. The van der Waals surface area contributed by atoms with Crippen LogP contribution >= 0.6 is 0 Å². The van der Waals surface area contributed by atoms with Gasteiger partial charge in [0.25, 0.3) is 0 Å². The molecule has 1 aliphatic rings. The summed E-state index contributed by atoms with van der Waals surface area (Å²) in [6.45, 7) is 6.35. The molecule has 0 aromatic heterocycles. The van der Waals surface area contributed by atoms with Crippen molar-refractivity contribution in [2.75, 3.05) is 19.6 Å². The van der Waals surface area contributed by atoms with Crippen LogP contribution in [0.1, 0.15) is 31.9 Å². The number of aliphatic hydroxyl groups is 2. The van der Waals surface area contributed by atoms with Gasteiger partial charge in [0.1, 0.15) is 5.82 Å².